The molecule has 0 aliphatic carbocycles. The number of carbonyl (C=O) groups is 1. The van der Waals surface area contributed by atoms with Gasteiger partial charge in [0.1, 0.15) is 11.4 Å². The molecule has 22 heavy (non-hydrogen) atoms. The minimum absolute atomic E-state index is 0.129. The Morgan fingerprint density at radius 2 is 1.86 bits per heavy atom. The summed E-state index contributed by atoms with van der Waals surface area (Å²) in [4.78, 5) is 22.6. The molecule has 0 aromatic heterocycles. The molecule has 0 aliphatic rings. The van der Waals surface area contributed by atoms with E-state index in [2.05, 4.69) is 5.32 Å². The molecule has 2 aromatic carbocycles. The number of anilines is 1. The molecule has 0 aliphatic heterocycles. The van der Waals surface area contributed by atoms with Crippen molar-refractivity contribution in [3.63, 3.8) is 0 Å². The number of esters is 1. The first kappa shape index (κ1) is 15.5. The molecular weight excluding hydrogens is 284 g/mol. The zero-order valence-corrected chi connectivity index (χ0v) is 12.5. The summed E-state index contributed by atoms with van der Waals surface area (Å²) in [5, 5.41) is 13.7. The number of rotatable bonds is 4. The molecule has 1 N–H and O–H groups in total. The molecule has 0 spiro atoms. The first-order chi connectivity index (χ1) is 10.4. The van der Waals surface area contributed by atoms with E-state index in [1.165, 1.54) is 18.2 Å². The lowest BCUT2D eigenvalue weighted by molar-refractivity contribution is -0.384. The molecule has 0 radical (unpaired) electrons. The van der Waals surface area contributed by atoms with Crippen molar-refractivity contribution in [2.45, 2.75) is 13.8 Å². The lowest BCUT2D eigenvalue weighted by atomic mass is 10.1. The van der Waals surface area contributed by atoms with Gasteiger partial charge in [-0.3, -0.25) is 10.1 Å². The lowest BCUT2D eigenvalue weighted by Crippen LogP contribution is -2.09. The number of nitro benzene ring substituents is 1. The van der Waals surface area contributed by atoms with Crippen molar-refractivity contribution in [1.82, 2.24) is 0 Å². The molecule has 0 fully saturated rings. The van der Waals surface area contributed by atoms with Gasteiger partial charge in [0.25, 0.3) is 5.69 Å². The van der Waals surface area contributed by atoms with E-state index in [1.54, 1.807) is 19.2 Å². The van der Waals surface area contributed by atoms with Crippen molar-refractivity contribution in [2.75, 3.05) is 12.4 Å². The van der Waals surface area contributed by atoms with Crippen LogP contribution in [0.1, 0.15) is 21.5 Å². The number of hydrogen-bond donors (Lipinski definition) is 1. The summed E-state index contributed by atoms with van der Waals surface area (Å²) in [6.45, 7) is 3.87. The fourth-order valence-corrected chi connectivity index (χ4v) is 1.96. The molecule has 2 aromatic rings. The maximum Gasteiger partial charge on any atom is 0.343 e. The van der Waals surface area contributed by atoms with Gasteiger partial charge in [-0.05, 0) is 49.2 Å². The highest BCUT2D eigenvalue weighted by atomic mass is 16.6. The van der Waals surface area contributed by atoms with Crippen LogP contribution in [0.15, 0.2) is 36.4 Å². The Kier molecular flexibility index (Phi) is 4.41. The van der Waals surface area contributed by atoms with E-state index >= 15 is 0 Å². The van der Waals surface area contributed by atoms with Gasteiger partial charge in [-0.2, -0.15) is 0 Å². The van der Waals surface area contributed by atoms with Gasteiger partial charge in [0.15, 0.2) is 0 Å². The molecule has 0 amide bonds. The van der Waals surface area contributed by atoms with Crippen LogP contribution < -0.4 is 10.1 Å². The van der Waals surface area contributed by atoms with Crippen LogP contribution in [0.3, 0.4) is 0 Å². The van der Waals surface area contributed by atoms with E-state index in [1.807, 2.05) is 19.9 Å². The summed E-state index contributed by atoms with van der Waals surface area (Å²) < 4.78 is 5.26. The molecule has 0 bridgehead atoms. The zero-order chi connectivity index (χ0) is 16.3. The maximum absolute atomic E-state index is 12.1. The van der Waals surface area contributed by atoms with Crippen LogP contribution in [0.2, 0.25) is 0 Å². The van der Waals surface area contributed by atoms with Crippen LogP contribution in [0.5, 0.6) is 5.75 Å². The molecule has 2 rings (SSSR count). The number of benzene rings is 2. The average molecular weight is 300 g/mol. The fourth-order valence-electron chi connectivity index (χ4n) is 1.96. The van der Waals surface area contributed by atoms with Crippen molar-refractivity contribution >= 4 is 17.3 Å². The van der Waals surface area contributed by atoms with Crippen molar-refractivity contribution in [2.24, 2.45) is 0 Å². The molecule has 0 heterocycles. The molecule has 6 heteroatoms. The van der Waals surface area contributed by atoms with E-state index in [9.17, 15) is 14.9 Å². The van der Waals surface area contributed by atoms with E-state index in [0.717, 1.165) is 11.1 Å². The quantitative estimate of drug-likeness (QED) is 0.404. The Hall–Kier alpha value is -2.89. The number of aryl methyl sites for hydroxylation is 2. The number of nitrogens with zero attached hydrogens (tertiary/aromatic N) is 1. The first-order valence-corrected chi connectivity index (χ1v) is 6.68. The van der Waals surface area contributed by atoms with Gasteiger partial charge in [-0.25, -0.2) is 4.79 Å². The molecule has 114 valence electrons. The predicted octanol–water partition coefficient (Wildman–Crippen LogP) is 3.47. The van der Waals surface area contributed by atoms with Crippen LogP contribution >= 0.6 is 0 Å². The molecular formula is C16H16N2O4. The second-order valence-electron chi connectivity index (χ2n) is 4.87. The summed E-state index contributed by atoms with van der Waals surface area (Å²) in [5.41, 5.74) is 2.39. The normalized spacial score (nSPS) is 10.1. The summed E-state index contributed by atoms with van der Waals surface area (Å²) in [7, 11) is 1.58. The highest BCUT2D eigenvalue weighted by molar-refractivity contribution is 5.92. The van der Waals surface area contributed by atoms with Crippen LogP contribution in [0.25, 0.3) is 0 Å². The van der Waals surface area contributed by atoms with E-state index in [0.29, 0.717) is 11.4 Å². The van der Waals surface area contributed by atoms with E-state index in [-0.39, 0.29) is 11.3 Å². The van der Waals surface area contributed by atoms with Crippen LogP contribution in [0.4, 0.5) is 11.4 Å². The molecule has 0 atom stereocenters. The maximum atomic E-state index is 12.1. The van der Waals surface area contributed by atoms with Crippen molar-refractivity contribution in [3.05, 3.63) is 63.2 Å². The molecule has 0 saturated carbocycles. The van der Waals surface area contributed by atoms with Gasteiger partial charge in [-0.15, -0.1) is 0 Å². The van der Waals surface area contributed by atoms with Gasteiger partial charge in [0.2, 0.25) is 0 Å². The van der Waals surface area contributed by atoms with Crippen molar-refractivity contribution in [3.8, 4) is 5.75 Å². The molecule has 0 unspecified atom stereocenters. The summed E-state index contributed by atoms with van der Waals surface area (Å²) in [6.07, 6.45) is 0. The van der Waals surface area contributed by atoms with Gasteiger partial charge in [0, 0.05) is 13.1 Å². The minimum atomic E-state index is -0.631. The fraction of sp³-hybridized carbons (Fsp3) is 0.188. The standard InChI is InChI=1S/C16H16N2O4/c1-10-4-6-13(8-11(10)2)22-16(19)12-5-7-14(17-3)15(9-12)18(20)21/h4-9,17H,1-3H3. The molecule has 0 saturated heterocycles. The SMILES string of the molecule is CNc1ccc(C(=O)Oc2ccc(C)c(C)c2)cc1[N+](=O)[O-]. The topological polar surface area (TPSA) is 81.5 Å². The number of hydrogen-bond acceptors (Lipinski definition) is 5. The highest BCUT2D eigenvalue weighted by Gasteiger charge is 2.18. The van der Waals surface area contributed by atoms with Gasteiger partial charge >= 0.3 is 5.97 Å². The number of ether oxygens (including phenoxy) is 1. The Labute approximate surface area is 127 Å². The van der Waals surface area contributed by atoms with Crippen LogP contribution in [-0.2, 0) is 0 Å². The van der Waals surface area contributed by atoms with E-state index in [4.69, 9.17) is 4.74 Å². The van der Waals surface area contributed by atoms with Gasteiger partial charge in [0.05, 0.1) is 10.5 Å². The van der Waals surface area contributed by atoms with Gasteiger partial charge in [-0.1, -0.05) is 6.07 Å². The third-order valence-electron chi connectivity index (χ3n) is 3.39. The van der Waals surface area contributed by atoms with E-state index < -0.39 is 10.9 Å². The van der Waals surface area contributed by atoms with Crippen LogP contribution in [-0.4, -0.2) is 17.9 Å². The van der Waals surface area contributed by atoms with Crippen molar-refractivity contribution in [1.29, 1.82) is 0 Å². The second kappa shape index (κ2) is 6.26. The predicted molar refractivity (Wildman–Crippen MR) is 83.5 cm³/mol. The first-order valence-electron chi connectivity index (χ1n) is 6.68. The second-order valence-corrected chi connectivity index (χ2v) is 4.87. The molecule has 6 nitrogen and oxygen atoms in total. The Bertz CT molecular complexity index is 741. The smallest absolute Gasteiger partial charge is 0.343 e. The third kappa shape index (κ3) is 3.22. The summed E-state index contributed by atoms with van der Waals surface area (Å²) in [5.74, 6) is -0.220. The monoisotopic (exact) mass is 300 g/mol. The van der Waals surface area contributed by atoms with Crippen molar-refractivity contribution < 1.29 is 14.5 Å². The Morgan fingerprint density at radius 3 is 2.45 bits per heavy atom. The Balaban J connectivity index is 2.27. The van der Waals surface area contributed by atoms with Crippen LogP contribution in [0, 0.1) is 24.0 Å². The third-order valence-corrected chi connectivity index (χ3v) is 3.39. The average Bonchev–Trinajstić information content (AvgIpc) is 2.50. The Morgan fingerprint density at radius 1 is 1.14 bits per heavy atom. The summed E-state index contributed by atoms with van der Waals surface area (Å²) >= 11 is 0. The lowest BCUT2D eigenvalue weighted by Gasteiger charge is -2.08. The number of nitro groups is 1. The highest BCUT2D eigenvalue weighted by Crippen LogP contribution is 2.26. The van der Waals surface area contributed by atoms with Gasteiger partial charge < -0.3 is 10.1 Å². The number of carbonyl (C=O) groups excluding carboxylic acids is 1. The minimum Gasteiger partial charge on any atom is -0.423 e. The number of nitrogens with one attached hydrogen (secondary N) is 1. The largest absolute Gasteiger partial charge is 0.423 e. The zero-order valence-electron chi connectivity index (χ0n) is 12.5. The summed E-state index contributed by atoms with van der Waals surface area (Å²) in [6, 6.07) is 9.47.